The highest BCUT2D eigenvalue weighted by atomic mass is 32.2. The number of anilines is 1. The first kappa shape index (κ1) is 16.0. The van der Waals surface area contributed by atoms with Crippen LogP contribution in [0.15, 0.2) is 18.2 Å². The number of nitrogens with one attached hydrogen (secondary N) is 1. The van der Waals surface area contributed by atoms with E-state index in [9.17, 15) is 13.2 Å². The number of hydrogen-bond donors (Lipinski definition) is 1. The van der Waals surface area contributed by atoms with Gasteiger partial charge in [-0.3, -0.25) is 4.79 Å². The number of benzene rings is 1. The van der Waals surface area contributed by atoms with E-state index in [4.69, 9.17) is 0 Å². The number of carbonyl (C=O) groups is 1. The Morgan fingerprint density at radius 1 is 1.29 bits per heavy atom. The number of amides is 1. The van der Waals surface area contributed by atoms with Crippen LogP contribution in [0.5, 0.6) is 0 Å². The lowest BCUT2D eigenvalue weighted by Crippen LogP contribution is -2.38. The number of aryl methyl sites for hydroxylation is 2. The Balaban J connectivity index is 2.11. The van der Waals surface area contributed by atoms with Crippen LogP contribution in [0.25, 0.3) is 0 Å². The quantitative estimate of drug-likeness (QED) is 0.901. The molecule has 0 aromatic heterocycles. The van der Waals surface area contributed by atoms with Crippen molar-refractivity contribution >= 4 is 21.6 Å². The van der Waals surface area contributed by atoms with Gasteiger partial charge in [-0.1, -0.05) is 13.0 Å². The summed E-state index contributed by atoms with van der Waals surface area (Å²) in [6, 6.07) is 5.52. The minimum Gasteiger partial charge on any atom is -0.311 e. The smallest absolute Gasteiger partial charge is 0.228 e. The molecule has 116 valence electrons. The largest absolute Gasteiger partial charge is 0.311 e. The normalized spacial score (nSPS) is 19.3. The third-order valence-electron chi connectivity index (χ3n) is 3.75. The van der Waals surface area contributed by atoms with Gasteiger partial charge in [0.05, 0.1) is 5.75 Å². The highest BCUT2D eigenvalue weighted by molar-refractivity contribution is 7.89. The van der Waals surface area contributed by atoms with Gasteiger partial charge in [-0.15, -0.1) is 0 Å². The lowest BCUT2D eigenvalue weighted by Gasteiger charge is -2.18. The minimum atomic E-state index is -3.29. The van der Waals surface area contributed by atoms with Crippen molar-refractivity contribution in [1.29, 1.82) is 0 Å². The summed E-state index contributed by atoms with van der Waals surface area (Å²) in [7, 11) is -3.29. The lowest BCUT2D eigenvalue weighted by atomic mass is 10.1. The first-order chi connectivity index (χ1) is 9.82. The molecule has 1 aliphatic rings. The minimum absolute atomic E-state index is 0.0394. The van der Waals surface area contributed by atoms with Crippen molar-refractivity contribution in [3.05, 3.63) is 29.3 Å². The van der Waals surface area contributed by atoms with Gasteiger partial charge in [-0.25, -0.2) is 13.1 Å². The van der Waals surface area contributed by atoms with E-state index in [1.54, 1.807) is 4.90 Å². The molecular weight excluding hydrogens is 288 g/mol. The summed E-state index contributed by atoms with van der Waals surface area (Å²) in [6.45, 7) is 6.23. The molecule has 1 atom stereocenters. The predicted molar refractivity (Wildman–Crippen MR) is 83.9 cm³/mol. The van der Waals surface area contributed by atoms with Crippen molar-refractivity contribution in [3.8, 4) is 0 Å². The average Bonchev–Trinajstić information content (AvgIpc) is 2.72. The van der Waals surface area contributed by atoms with E-state index in [2.05, 4.69) is 4.72 Å². The zero-order chi connectivity index (χ0) is 15.6. The fourth-order valence-electron chi connectivity index (χ4n) is 2.51. The molecule has 1 heterocycles. The second kappa shape index (κ2) is 6.15. The summed E-state index contributed by atoms with van der Waals surface area (Å²) in [5.74, 6) is 0.0591. The van der Waals surface area contributed by atoms with Crippen LogP contribution in [-0.2, 0) is 14.8 Å². The summed E-state index contributed by atoms with van der Waals surface area (Å²) < 4.78 is 26.2. The Morgan fingerprint density at radius 2 is 2.00 bits per heavy atom. The van der Waals surface area contributed by atoms with Crippen LogP contribution >= 0.6 is 0 Å². The molecule has 1 aromatic rings. The first-order valence-corrected chi connectivity index (χ1v) is 8.85. The summed E-state index contributed by atoms with van der Waals surface area (Å²) in [5.41, 5.74) is 3.13. The van der Waals surface area contributed by atoms with E-state index < -0.39 is 10.0 Å². The molecule has 1 aromatic carbocycles. The number of carbonyl (C=O) groups excluding carboxylic acids is 1. The Morgan fingerprint density at radius 3 is 2.62 bits per heavy atom. The van der Waals surface area contributed by atoms with Crippen LogP contribution in [0.3, 0.4) is 0 Å². The van der Waals surface area contributed by atoms with E-state index in [1.165, 1.54) is 5.56 Å². The average molecular weight is 310 g/mol. The van der Waals surface area contributed by atoms with Gasteiger partial charge in [-0.2, -0.15) is 0 Å². The first-order valence-electron chi connectivity index (χ1n) is 7.20. The fourth-order valence-corrected chi connectivity index (χ4v) is 3.83. The van der Waals surface area contributed by atoms with Crippen LogP contribution in [0.4, 0.5) is 5.69 Å². The molecule has 1 amide bonds. The van der Waals surface area contributed by atoms with Crippen molar-refractivity contribution in [2.24, 2.45) is 0 Å². The zero-order valence-electron chi connectivity index (χ0n) is 12.7. The number of nitrogens with zero attached hydrogens (tertiary/aromatic N) is 1. The van der Waals surface area contributed by atoms with E-state index in [1.807, 2.05) is 39.0 Å². The summed E-state index contributed by atoms with van der Waals surface area (Å²) in [5, 5.41) is 0. The van der Waals surface area contributed by atoms with Gasteiger partial charge in [0.2, 0.25) is 15.9 Å². The maximum absolute atomic E-state index is 12.1. The molecule has 1 aliphatic heterocycles. The predicted octanol–water partition coefficient (Wildman–Crippen LogP) is 1.74. The summed E-state index contributed by atoms with van der Waals surface area (Å²) in [6.07, 6.45) is 0.784. The maximum atomic E-state index is 12.1. The van der Waals surface area contributed by atoms with E-state index in [-0.39, 0.29) is 24.1 Å². The van der Waals surface area contributed by atoms with Crippen LogP contribution < -0.4 is 9.62 Å². The van der Waals surface area contributed by atoms with E-state index in [0.29, 0.717) is 13.0 Å². The monoisotopic (exact) mass is 310 g/mol. The molecule has 5 nitrogen and oxygen atoms in total. The molecule has 0 aliphatic carbocycles. The number of sulfonamides is 1. The molecule has 0 spiro atoms. The zero-order valence-corrected chi connectivity index (χ0v) is 13.5. The van der Waals surface area contributed by atoms with Gasteiger partial charge in [0.25, 0.3) is 0 Å². The highest BCUT2D eigenvalue weighted by Crippen LogP contribution is 2.24. The molecule has 21 heavy (non-hydrogen) atoms. The van der Waals surface area contributed by atoms with Crippen LogP contribution in [0.2, 0.25) is 0 Å². The molecule has 0 saturated carbocycles. The van der Waals surface area contributed by atoms with Crippen LogP contribution in [-0.4, -0.2) is 32.7 Å². The van der Waals surface area contributed by atoms with Gasteiger partial charge in [0.15, 0.2) is 0 Å². The van der Waals surface area contributed by atoms with Crippen molar-refractivity contribution < 1.29 is 13.2 Å². The topological polar surface area (TPSA) is 66.5 Å². The molecule has 2 rings (SSSR count). The van der Waals surface area contributed by atoms with Crippen molar-refractivity contribution in [2.75, 3.05) is 17.2 Å². The molecule has 0 unspecified atom stereocenters. The highest BCUT2D eigenvalue weighted by Gasteiger charge is 2.32. The lowest BCUT2D eigenvalue weighted by molar-refractivity contribution is -0.117. The van der Waals surface area contributed by atoms with Gasteiger partial charge in [0, 0.05) is 24.7 Å². The maximum Gasteiger partial charge on any atom is 0.228 e. The third-order valence-corrected chi connectivity index (χ3v) is 5.38. The Labute approximate surface area is 126 Å². The Bertz CT molecular complexity index is 640. The molecule has 1 N–H and O–H groups in total. The molecule has 6 heteroatoms. The van der Waals surface area contributed by atoms with Crippen LogP contribution in [0.1, 0.15) is 30.9 Å². The molecule has 1 saturated heterocycles. The van der Waals surface area contributed by atoms with Gasteiger partial charge in [0.1, 0.15) is 0 Å². The molecule has 0 bridgehead atoms. The van der Waals surface area contributed by atoms with E-state index in [0.717, 1.165) is 11.3 Å². The van der Waals surface area contributed by atoms with Crippen molar-refractivity contribution in [1.82, 2.24) is 4.72 Å². The number of hydrogen-bond acceptors (Lipinski definition) is 3. The SMILES string of the molecule is CCCS(=O)(=O)N[C@H]1CC(=O)N(c2ccc(C)c(C)c2)C1. The van der Waals surface area contributed by atoms with Gasteiger partial charge >= 0.3 is 0 Å². The third kappa shape index (κ3) is 3.83. The van der Waals surface area contributed by atoms with Crippen LogP contribution in [0, 0.1) is 13.8 Å². The van der Waals surface area contributed by atoms with Gasteiger partial charge in [-0.05, 0) is 43.5 Å². The summed E-state index contributed by atoms with van der Waals surface area (Å²) in [4.78, 5) is 13.8. The second-order valence-corrected chi connectivity index (χ2v) is 7.48. The number of rotatable bonds is 5. The molecular formula is C15H22N2O3S. The second-order valence-electron chi connectivity index (χ2n) is 5.61. The Hall–Kier alpha value is -1.40. The summed E-state index contributed by atoms with van der Waals surface area (Å²) >= 11 is 0. The van der Waals surface area contributed by atoms with Gasteiger partial charge < -0.3 is 4.90 Å². The fraction of sp³-hybridized carbons (Fsp3) is 0.533. The van der Waals surface area contributed by atoms with Crippen molar-refractivity contribution in [3.63, 3.8) is 0 Å². The Kier molecular flexibility index (Phi) is 4.68. The molecule has 1 fully saturated rings. The van der Waals surface area contributed by atoms with Crippen molar-refractivity contribution in [2.45, 2.75) is 39.7 Å². The molecule has 0 radical (unpaired) electrons. The van der Waals surface area contributed by atoms with E-state index >= 15 is 0 Å². The standard InChI is InChI=1S/C15H22N2O3S/c1-4-7-21(19,20)16-13-9-15(18)17(10-13)14-6-5-11(2)12(3)8-14/h5-6,8,13,16H,4,7,9-10H2,1-3H3/t13-/m0/s1.